The molecule has 2 unspecified atom stereocenters. The lowest BCUT2D eigenvalue weighted by atomic mass is 10.2. The molecule has 0 saturated heterocycles. The summed E-state index contributed by atoms with van der Waals surface area (Å²) < 4.78 is 0. The highest BCUT2D eigenvalue weighted by Gasteiger charge is 2.15. The molecule has 0 radical (unpaired) electrons. The smallest absolute Gasteiger partial charge is 0.0217 e. The lowest BCUT2D eigenvalue weighted by molar-refractivity contribution is 0.628. The zero-order chi connectivity index (χ0) is 9.02. The Morgan fingerprint density at radius 1 is 1.00 bits per heavy atom. The van der Waals surface area contributed by atoms with Crippen LogP contribution in [0, 0.1) is 11.8 Å². The van der Waals surface area contributed by atoms with Gasteiger partial charge in [0.2, 0.25) is 0 Å². The molecule has 0 N–H and O–H groups in total. The summed E-state index contributed by atoms with van der Waals surface area (Å²) >= 11 is 0. The molecule has 0 rings (SSSR count). The van der Waals surface area contributed by atoms with Gasteiger partial charge in [-0.05, 0) is 30.3 Å². The van der Waals surface area contributed by atoms with Gasteiger partial charge in [0.1, 0.15) is 0 Å². The maximum atomic E-state index is 2.44. The highest BCUT2D eigenvalue weighted by molar-refractivity contribution is 7.57. The molecule has 0 nitrogen and oxygen atoms in total. The summed E-state index contributed by atoms with van der Waals surface area (Å²) in [6.45, 7) is 14.2. The maximum Gasteiger partial charge on any atom is -0.0217 e. The van der Waals surface area contributed by atoms with Gasteiger partial charge >= 0.3 is 0 Å². The van der Waals surface area contributed by atoms with Gasteiger partial charge in [0.05, 0.1) is 0 Å². The van der Waals surface area contributed by atoms with Gasteiger partial charge in [-0.2, -0.15) is 0 Å². The second-order valence-corrected chi connectivity index (χ2v) is 7.01. The number of hydrogen-bond acceptors (Lipinski definition) is 0. The minimum atomic E-state index is 0.279. The summed E-state index contributed by atoms with van der Waals surface area (Å²) in [4.78, 5) is 0. The maximum absolute atomic E-state index is 2.44. The Kier molecular flexibility index (Phi) is 5.34. The molecule has 0 fully saturated rings. The first-order valence-electron chi connectivity index (χ1n) is 4.65. The molecule has 2 atom stereocenters. The molecular formula is C10H23P. The summed E-state index contributed by atoms with van der Waals surface area (Å²) in [7, 11) is 0.279. The fraction of sp³-hybridized carbons (Fsp3) is 1.00. The van der Waals surface area contributed by atoms with Crippen LogP contribution < -0.4 is 0 Å². The summed E-state index contributed by atoms with van der Waals surface area (Å²) in [5.41, 5.74) is 0.937. The molecule has 0 spiro atoms. The van der Waals surface area contributed by atoms with Crippen molar-refractivity contribution in [3.05, 3.63) is 0 Å². The van der Waals surface area contributed by atoms with E-state index in [4.69, 9.17) is 0 Å². The third kappa shape index (κ3) is 4.80. The van der Waals surface area contributed by atoms with Crippen molar-refractivity contribution in [2.75, 3.05) is 12.8 Å². The summed E-state index contributed by atoms with van der Waals surface area (Å²) in [5, 5.41) is 0. The van der Waals surface area contributed by atoms with Crippen LogP contribution in [0.5, 0.6) is 0 Å². The van der Waals surface area contributed by atoms with Crippen LogP contribution in [-0.4, -0.2) is 18.5 Å². The highest BCUT2D eigenvalue weighted by Crippen LogP contribution is 2.42. The van der Waals surface area contributed by atoms with Crippen molar-refractivity contribution in [3.63, 3.8) is 0 Å². The van der Waals surface area contributed by atoms with Crippen molar-refractivity contribution < 1.29 is 0 Å². The van der Waals surface area contributed by atoms with Gasteiger partial charge in [0.25, 0.3) is 0 Å². The molecule has 0 heterocycles. The quantitative estimate of drug-likeness (QED) is 0.569. The van der Waals surface area contributed by atoms with Gasteiger partial charge in [-0.25, -0.2) is 0 Å². The molecule has 68 valence electrons. The predicted molar refractivity (Wildman–Crippen MR) is 56.8 cm³/mol. The lowest BCUT2D eigenvalue weighted by Gasteiger charge is -2.25. The molecule has 1 heteroatoms. The Labute approximate surface area is 73.5 Å². The van der Waals surface area contributed by atoms with Gasteiger partial charge in [0, 0.05) is 0 Å². The van der Waals surface area contributed by atoms with E-state index < -0.39 is 0 Å². The minimum Gasteiger partial charge on any atom is -0.107 e. The SMILES string of the molecule is CC(C)CP(C)C(C)C(C)C. The standard InChI is InChI=1S/C10H23P/c1-8(2)7-11(6)10(5)9(3)4/h8-10H,7H2,1-6H3. The van der Waals surface area contributed by atoms with E-state index in [9.17, 15) is 0 Å². The van der Waals surface area contributed by atoms with Crippen molar-refractivity contribution in [3.8, 4) is 0 Å². The van der Waals surface area contributed by atoms with Crippen molar-refractivity contribution in [1.82, 2.24) is 0 Å². The van der Waals surface area contributed by atoms with Crippen molar-refractivity contribution in [1.29, 1.82) is 0 Å². The van der Waals surface area contributed by atoms with Crippen LogP contribution in [0.3, 0.4) is 0 Å². The van der Waals surface area contributed by atoms with E-state index in [1.54, 1.807) is 0 Å². The van der Waals surface area contributed by atoms with Crippen LogP contribution in [-0.2, 0) is 0 Å². The third-order valence-electron chi connectivity index (χ3n) is 2.31. The van der Waals surface area contributed by atoms with Crippen LogP contribution in [0.25, 0.3) is 0 Å². The van der Waals surface area contributed by atoms with Crippen molar-refractivity contribution in [2.45, 2.75) is 40.3 Å². The molecule has 0 bridgehead atoms. The number of rotatable bonds is 4. The number of hydrogen-bond donors (Lipinski definition) is 0. The van der Waals surface area contributed by atoms with Gasteiger partial charge in [-0.15, -0.1) is 7.92 Å². The zero-order valence-corrected chi connectivity index (χ0v) is 9.78. The minimum absolute atomic E-state index is 0.279. The Morgan fingerprint density at radius 2 is 1.45 bits per heavy atom. The van der Waals surface area contributed by atoms with Gasteiger partial charge in [-0.3, -0.25) is 0 Å². The van der Waals surface area contributed by atoms with Gasteiger partial charge < -0.3 is 0 Å². The Hall–Kier alpha value is 0.430. The van der Waals surface area contributed by atoms with Crippen LogP contribution >= 0.6 is 7.92 Å². The second kappa shape index (κ2) is 5.14. The lowest BCUT2D eigenvalue weighted by Crippen LogP contribution is -2.11. The fourth-order valence-electron chi connectivity index (χ4n) is 1.25. The van der Waals surface area contributed by atoms with E-state index in [0.29, 0.717) is 0 Å². The van der Waals surface area contributed by atoms with E-state index in [2.05, 4.69) is 41.3 Å². The van der Waals surface area contributed by atoms with Gasteiger partial charge in [-0.1, -0.05) is 34.6 Å². The van der Waals surface area contributed by atoms with E-state index in [1.807, 2.05) is 0 Å². The average Bonchev–Trinajstić information content (AvgIpc) is 1.84. The first-order valence-corrected chi connectivity index (χ1v) is 6.69. The predicted octanol–water partition coefficient (Wildman–Crippen LogP) is 3.80. The van der Waals surface area contributed by atoms with E-state index in [1.165, 1.54) is 6.16 Å². The summed E-state index contributed by atoms with van der Waals surface area (Å²) in [5.74, 6) is 1.75. The third-order valence-corrected chi connectivity index (χ3v) is 5.61. The fourth-order valence-corrected chi connectivity index (χ4v) is 3.75. The van der Waals surface area contributed by atoms with Crippen molar-refractivity contribution in [2.24, 2.45) is 11.8 Å². The zero-order valence-electron chi connectivity index (χ0n) is 8.89. The second-order valence-electron chi connectivity index (χ2n) is 4.32. The van der Waals surface area contributed by atoms with E-state index in [-0.39, 0.29) is 7.92 Å². The topological polar surface area (TPSA) is 0 Å². The molecule has 0 aromatic heterocycles. The Bertz CT molecular complexity index is 97.0. The monoisotopic (exact) mass is 174 g/mol. The molecule has 0 aromatic carbocycles. The van der Waals surface area contributed by atoms with E-state index in [0.717, 1.165) is 17.5 Å². The van der Waals surface area contributed by atoms with Crippen molar-refractivity contribution >= 4 is 7.92 Å². The first-order chi connectivity index (χ1) is 4.95. The normalized spacial score (nSPS) is 17.5. The first kappa shape index (κ1) is 11.4. The Morgan fingerprint density at radius 3 is 1.73 bits per heavy atom. The summed E-state index contributed by atoms with van der Waals surface area (Å²) in [6.07, 6.45) is 1.44. The highest BCUT2D eigenvalue weighted by atomic mass is 31.1. The van der Waals surface area contributed by atoms with Crippen LogP contribution in [0.1, 0.15) is 34.6 Å². The molecular weight excluding hydrogens is 151 g/mol. The molecule has 0 aliphatic heterocycles. The van der Waals surface area contributed by atoms with E-state index >= 15 is 0 Å². The molecule has 0 aliphatic carbocycles. The molecule has 0 aliphatic rings. The molecule has 0 aromatic rings. The Balaban J connectivity index is 3.73. The molecule has 11 heavy (non-hydrogen) atoms. The average molecular weight is 174 g/mol. The van der Waals surface area contributed by atoms with Gasteiger partial charge in [0.15, 0.2) is 0 Å². The van der Waals surface area contributed by atoms with Crippen LogP contribution in [0.2, 0.25) is 0 Å². The molecule has 0 amide bonds. The summed E-state index contributed by atoms with van der Waals surface area (Å²) in [6, 6.07) is 0. The largest absolute Gasteiger partial charge is 0.107 e. The molecule has 0 saturated carbocycles. The van der Waals surface area contributed by atoms with Crippen LogP contribution in [0.15, 0.2) is 0 Å². The van der Waals surface area contributed by atoms with Crippen LogP contribution in [0.4, 0.5) is 0 Å².